The van der Waals surface area contributed by atoms with Crippen LogP contribution in [-0.2, 0) is 32.7 Å². The molecule has 0 saturated carbocycles. The molecule has 0 fully saturated rings. The first-order chi connectivity index (χ1) is 25.7. The van der Waals surface area contributed by atoms with Crippen LogP contribution in [0.2, 0.25) is 0 Å². The lowest BCUT2D eigenvalue weighted by Crippen LogP contribution is -2.29. The smallest absolute Gasteiger partial charge is 0.462 e. The minimum Gasteiger partial charge on any atom is -0.462 e. The summed E-state index contributed by atoms with van der Waals surface area (Å²) in [6, 6.07) is 0. The van der Waals surface area contributed by atoms with Crippen LogP contribution in [0.25, 0.3) is 0 Å². The van der Waals surface area contributed by atoms with E-state index in [0.717, 1.165) is 51.4 Å². The zero-order valence-corrected chi connectivity index (χ0v) is 34.9. The number of carbonyl (C=O) groups is 2. The monoisotopic (exact) mass is 777 g/mol. The van der Waals surface area contributed by atoms with E-state index in [-0.39, 0.29) is 19.4 Å². The van der Waals surface area contributed by atoms with Crippen LogP contribution in [0.4, 0.5) is 0 Å². The summed E-state index contributed by atoms with van der Waals surface area (Å²) in [5, 5.41) is 18.3. The Balaban J connectivity index is 4.28. The maximum atomic E-state index is 12.6. The van der Waals surface area contributed by atoms with Crippen molar-refractivity contribution in [2.45, 2.75) is 219 Å². The number of allylic oxidation sites excluding steroid dienone is 2. The molecule has 314 valence electrons. The third-order valence-electron chi connectivity index (χ3n) is 9.42. The van der Waals surface area contributed by atoms with Crippen molar-refractivity contribution in [3.63, 3.8) is 0 Å². The number of aliphatic hydroxyl groups excluding tert-OH is 2. The molecule has 0 saturated heterocycles. The van der Waals surface area contributed by atoms with Gasteiger partial charge in [0.25, 0.3) is 0 Å². The second kappa shape index (κ2) is 39.0. The quantitative estimate of drug-likeness (QED) is 0.0237. The molecule has 10 nitrogen and oxygen atoms in total. The summed E-state index contributed by atoms with van der Waals surface area (Å²) in [6.45, 7) is 2.39. The van der Waals surface area contributed by atoms with Gasteiger partial charge in [-0.05, 0) is 38.5 Å². The highest BCUT2D eigenvalue weighted by molar-refractivity contribution is 7.47. The topological polar surface area (TPSA) is 149 Å². The third kappa shape index (κ3) is 38.8. The predicted octanol–water partition coefficient (Wildman–Crippen LogP) is 11.2. The van der Waals surface area contributed by atoms with Gasteiger partial charge in [0.2, 0.25) is 0 Å². The summed E-state index contributed by atoms with van der Waals surface area (Å²) in [5.74, 6) is -0.925. The molecule has 0 aromatic carbocycles. The summed E-state index contributed by atoms with van der Waals surface area (Å²) in [6.07, 6.45) is 36.0. The Labute approximate surface area is 324 Å². The minimum atomic E-state index is -4.61. The molecule has 0 spiro atoms. The molecule has 0 rings (SSSR count). The van der Waals surface area contributed by atoms with Crippen molar-refractivity contribution >= 4 is 19.8 Å². The van der Waals surface area contributed by atoms with Gasteiger partial charge < -0.3 is 24.6 Å². The van der Waals surface area contributed by atoms with Crippen LogP contribution in [-0.4, -0.2) is 65.7 Å². The molecule has 0 amide bonds. The van der Waals surface area contributed by atoms with Crippen molar-refractivity contribution in [1.82, 2.24) is 0 Å². The molecule has 0 bridgehead atoms. The van der Waals surface area contributed by atoms with Gasteiger partial charge >= 0.3 is 19.8 Å². The molecule has 0 aliphatic heterocycles. The van der Waals surface area contributed by atoms with Crippen LogP contribution in [0, 0.1) is 0 Å². The van der Waals surface area contributed by atoms with Crippen molar-refractivity contribution < 1.29 is 47.8 Å². The van der Waals surface area contributed by atoms with Crippen LogP contribution in [0.1, 0.15) is 206 Å². The maximum Gasteiger partial charge on any atom is 0.472 e. The molecule has 0 radical (unpaired) electrons. The Morgan fingerprint density at radius 1 is 0.547 bits per heavy atom. The van der Waals surface area contributed by atoms with Gasteiger partial charge in [0, 0.05) is 12.8 Å². The fourth-order valence-corrected chi connectivity index (χ4v) is 6.84. The lowest BCUT2D eigenvalue weighted by Gasteiger charge is -2.20. The van der Waals surface area contributed by atoms with E-state index in [1.54, 1.807) is 0 Å². The van der Waals surface area contributed by atoms with Gasteiger partial charge in [-0.3, -0.25) is 18.6 Å². The zero-order chi connectivity index (χ0) is 39.1. The lowest BCUT2D eigenvalue weighted by molar-refractivity contribution is -0.161. The van der Waals surface area contributed by atoms with Crippen LogP contribution >= 0.6 is 7.82 Å². The van der Waals surface area contributed by atoms with Crippen LogP contribution in [0.3, 0.4) is 0 Å². The number of phosphoric acid groups is 1. The number of ether oxygens (including phenoxy) is 2. The summed E-state index contributed by atoms with van der Waals surface area (Å²) in [5.41, 5.74) is 0. The highest BCUT2D eigenvalue weighted by atomic mass is 31.2. The lowest BCUT2D eigenvalue weighted by atomic mass is 10.0. The Hall–Kier alpha value is -1.29. The average Bonchev–Trinajstić information content (AvgIpc) is 3.14. The molecule has 0 heterocycles. The number of hydrogen-bond donors (Lipinski definition) is 3. The van der Waals surface area contributed by atoms with Gasteiger partial charge in [-0.25, -0.2) is 4.57 Å². The summed E-state index contributed by atoms with van der Waals surface area (Å²) >= 11 is 0. The van der Waals surface area contributed by atoms with Crippen molar-refractivity contribution in [3.8, 4) is 0 Å². The van der Waals surface area contributed by atoms with E-state index >= 15 is 0 Å². The van der Waals surface area contributed by atoms with Crippen molar-refractivity contribution in [1.29, 1.82) is 0 Å². The Morgan fingerprint density at radius 3 is 1.36 bits per heavy atom. The fourth-order valence-electron chi connectivity index (χ4n) is 6.05. The first kappa shape index (κ1) is 51.7. The standard InChI is InChI=1S/C42H81O10P/c1-3-5-7-9-11-13-15-17-19-20-22-23-25-27-29-31-33-41(45)49-37-40(38-51-53(47,48)50-36-39(44)35-43)52-42(46)34-32-30-28-26-24-21-18-16-14-12-10-8-6-4-2/h19-20,39-40,43-44H,3-18,21-38H2,1-2H3,(H,47,48)/b20-19-/t39-,40+/m0/s1. The number of phosphoric ester groups is 1. The van der Waals surface area contributed by atoms with E-state index in [4.69, 9.17) is 19.1 Å². The number of unbranched alkanes of at least 4 members (excludes halogenated alkanes) is 25. The molecule has 0 aliphatic carbocycles. The summed E-state index contributed by atoms with van der Waals surface area (Å²) in [4.78, 5) is 34.9. The Morgan fingerprint density at radius 2 is 0.925 bits per heavy atom. The molecule has 3 N–H and O–H groups in total. The fraction of sp³-hybridized carbons (Fsp3) is 0.905. The van der Waals surface area contributed by atoms with Gasteiger partial charge in [-0.15, -0.1) is 0 Å². The SMILES string of the molecule is CCCCCCCCC/C=C\CCCCCCCC(=O)OC[C@H](COP(=O)(O)OC[C@@H](O)CO)OC(=O)CCCCCCCCCCCCCCCC. The van der Waals surface area contributed by atoms with Gasteiger partial charge in [0.15, 0.2) is 6.10 Å². The van der Waals surface area contributed by atoms with E-state index in [9.17, 15) is 24.2 Å². The summed E-state index contributed by atoms with van der Waals surface area (Å²) < 4.78 is 32.7. The highest BCUT2D eigenvalue weighted by Crippen LogP contribution is 2.43. The number of rotatable bonds is 41. The van der Waals surface area contributed by atoms with Crippen molar-refractivity contribution in [3.05, 3.63) is 12.2 Å². The second-order valence-electron chi connectivity index (χ2n) is 14.7. The largest absolute Gasteiger partial charge is 0.472 e. The van der Waals surface area contributed by atoms with E-state index in [2.05, 4.69) is 30.5 Å². The van der Waals surface area contributed by atoms with Crippen LogP contribution in [0.15, 0.2) is 12.2 Å². The maximum absolute atomic E-state index is 12.6. The molecule has 53 heavy (non-hydrogen) atoms. The molecule has 3 atom stereocenters. The molecule has 11 heteroatoms. The Bertz CT molecular complexity index is 899. The van der Waals surface area contributed by atoms with Gasteiger partial charge in [0.1, 0.15) is 12.7 Å². The van der Waals surface area contributed by atoms with Gasteiger partial charge in [0.05, 0.1) is 19.8 Å². The molecule has 0 aromatic rings. The molecular formula is C42H81O10P. The third-order valence-corrected chi connectivity index (χ3v) is 10.4. The van der Waals surface area contributed by atoms with E-state index in [1.165, 1.54) is 116 Å². The number of esters is 2. The van der Waals surface area contributed by atoms with Crippen LogP contribution in [0.5, 0.6) is 0 Å². The van der Waals surface area contributed by atoms with E-state index in [0.29, 0.717) is 12.8 Å². The normalized spacial score (nSPS) is 14.0. The molecule has 0 aliphatic rings. The zero-order valence-electron chi connectivity index (χ0n) is 34.0. The summed E-state index contributed by atoms with van der Waals surface area (Å²) in [7, 11) is -4.61. The average molecular weight is 777 g/mol. The number of carbonyl (C=O) groups excluding carboxylic acids is 2. The van der Waals surface area contributed by atoms with E-state index in [1.807, 2.05) is 0 Å². The highest BCUT2D eigenvalue weighted by Gasteiger charge is 2.27. The molecule has 0 aromatic heterocycles. The van der Waals surface area contributed by atoms with E-state index < -0.39 is 51.8 Å². The second-order valence-corrected chi connectivity index (χ2v) is 16.2. The van der Waals surface area contributed by atoms with Gasteiger partial charge in [-0.1, -0.05) is 167 Å². The Kier molecular flexibility index (Phi) is 38.0. The molecular weight excluding hydrogens is 695 g/mol. The van der Waals surface area contributed by atoms with Crippen molar-refractivity contribution in [2.75, 3.05) is 26.4 Å². The van der Waals surface area contributed by atoms with Gasteiger partial charge in [-0.2, -0.15) is 0 Å². The minimum absolute atomic E-state index is 0.188. The molecule has 1 unspecified atom stereocenters. The first-order valence-electron chi connectivity index (χ1n) is 21.6. The first-order valence-corrected chi connectivity index (χ1v) is 23.1. The van der Waals surface area contributed by atoms with Crippen LogP contribution < -0.4 is 0 Å². The number of aliphatic hydroxyl groups is 2. The number of hydrogen-bond acceptors (Lipinski definition) is 9. The van der Waals surface area contributed by atoms with Crippen molar-refractivity contribution in [2.24, 2.45) is 0 Å². The predicted molar refractivity (Wildman–Crippen MR) is 215 cm³/mol.